The highest BCUT2D eigenvalue weighted by Crippen LogP contribution is 2.33. The molecular weight excluding hydrogens is 590 g/mol. The third kappa shape index (κ3) is 8.01. The second kappa shape index (κ2) is 14.6. The van der Waals surface area contributed by atoms with E-state index in [9.17, 15) is 9.59 Å². The first kappa shape index (κ1) is 30.6. The largest absolute Gasteiger partial charge is 0.489 e. The van der Waals surface area contributed by atoms with Crippen LogP contribution in [0.4, 0.5) is 0 Å². The van der Waals surface area contributed by atoms with E-state index in [1.807, 2.05) is 66.9 Å². The Balaban J connectivity index is 1.11. The molecule has 0 spiro atoms. The van der Waals surface area contributed by atoms with Gasteiger partial charge in [0.2, 0.25) is 6.79 Å². The van der Waals surface area contributed by atoms with Crippen LogP contribution in [0.5, 0.6) is 17.2 Å². The van der Waals surface area contributed by atoms with Crippen molar-refractivity contribution in [2.24, 2.45) is 5.92 Å². The number of amides is 1. The summed E-state index contributed by atoms with van der Waals surface area (Å²) >= 11 is 1.49. The summed E-state index contributed by atoms with van der Waals surface area (Å²) in [5.41, 5.74) is 3.81. The van der Waals surface area contributed by atoms with Gasteiger partial charge in [-0.05, 0) is 60.7 Å². The quantitative estimate of drug-likeness (QED) is 0.175. The summed E-state index contributed by atoms with van der Waals surface area (Å²) < 4.78 is 22.3. The number of hydrogen-bond acceptors (Lipinski definition) is 9. The van der Waals surface area contributed by atoms with Crippen molar-refractivity contribution in [3.05, 3.63) is 106 Å². The van der Waals surface area contributed by atoms with Gasteiger partial charge in [0, 0.05) is 31.6 Å². The lowest BCUT2D eigenvalue weighted by Crippen LogP contribution is -2.40. The Morgan fingerprint density at radius 2 is 1.64 bits per heavy atom. The highest BCUT2D eigenvalue weighted by molar-refractivity contribution is 7.09. The van der Waals surface area contributed by atoms with E-state index in [2.05, 4.69) is 23.1 Å². The van der Waals surface area contributed by atoms with Gasteiger partial charge in [0.25, 0.3) is 5.91 Å². The van der Waals surface area contributed by atoms with Crippen LogP contribution in [0, 0.1) is 5.92 Å². The molecule has 1 amide bonds. The van der Waals surface area contributed by atoms with E-state index in [-0.39, 0.29) is 24.6 Å². The van der Waals surface area contributed by atoms with Crippen LogP contribution in [-0.4, -0.2) is 53.1 Å². The molecule has 45 heavy (non-hydrogen) atoms. The van der Waals surface area contributed by atoms with Gasteiger partial charge in [0.05, 0.1) is 19.1 Å². The Morgan fingerprint density at radius 1 is 0.911 bits per heavy atom. The monoisotopic (exact) mass is 627 g/mol. The Hall–Kier alpha value is -4.41. The first-order valence-electron chi connectivity index (χ1n) is 15.3. The molecule has 0 saturated carbocycles. The number of rotatable bonds is 12. The normalized spacial score (nSPS) is 14.5. The summed E-state index contributed by atoms with van der Waals surface area (Å²) in [6.45, 7) is 5.90. The van der Waals surface area contributed by atoms with Crippen LogP contribution in [0.3, 0.4) is 0 Å². The lowest BCUT2D eigenvalue weighted by atomic mass is 9.97. The van der Waals surface area contributed by atoms with Crippen molar-refractivity contribution < 1.29 is 28.5 Å². The number of fused-ring (bicyclic) bond motifs is 1. The summed E-state index contributed by atoms with van der Waals surface area (Å²) in [6.07, 6.45) is 1.22. The summed E-state index contributed by atoms with van der Waals surface area (Å²) in [7, 11) is 0. The minimum Gasteiger partial charge on any atom is -0.489 e. The van der Waals surface area contributed by atoms with E-state index in [0.29, 0.717) is 64.5 Å². The second-order valence-corrected chi connectivity index (χ2v) is 12.1. The van der Waals surface area contributed by atoms with Crippen LogP contribution in [0.25, 0.3) is 0 Å². The number of aromatic nitrogens is 1. The fraction of sp³-hybridized carbons (Fsp3) is 0.343. The molecule has 6 rings (SSSR count). The third-order valence-electron chi connectivity index (χ3n) is 7.95. The first-order valence-corrected chi connectivity index (χ1v) is 16.2. The van der Waals surface area contributed by atoms with E-state index < -0.39 is 0 Å². The Morgan fingerprint density at radius 3 is 2.42 bits per heavy atom. The Kier molecular flexibility index (Phi) is 9.92. The number of carbonyl (C=O) groups is 2. The van der Waals surface area contributed by atoms with Gasteiger partial charge in [-0.1, -0.05) is 48.5 Å². The van der Waals surface area contributed by atoms with Crippen molar-refractivity contribution >= 4 is 23.2 Å². The molecule has 1 fully saturated rings. The molecule has 234 valence electrons. The van der Waals surface area contributed by atoms with E-state index in [1.54, 1.807) is 4.90 Å². The average Bonchev–Trinajstić information content (AvgIpc) is 3.74. The molecule has 4 aromatic rings. The van der Waals surface area contributed by atoms with Gasteiger partial charge in [0.15, 0.2) is 11.5 Å². The highest BCUT2D eigenvalue weighted by Gasteiger charge is 2.29. The predicted molar refractivity (Wildman–Crippen MR) is 170 cm³/mol. The predicted octanol–water partition coefficient (Wildman–Crippen LogP) is 6.07. The number of likely N-dealkylation sites (tertiary alicyclic amines) is 1. The van der Waals surface area contributed by atoms with E-state index in [0.717, 1.165) is 38.9 Å². The molecule has 0 atom stereocenters. The molecule has 1 saturated heterocycles. The number of nitrogens with zero attached hydrogens (tertiary/aromatic N) is 3. The zero-order chi connectivity index (χ0) is 31.0. The number of carbonyl (C=O) groups excluding carboxylic acids is 2. The van der Waals surface area contributed by atoms with Crippen LogP contribution >= 0.6 is 11.3 Å². The second-order valence-electron chi connectivity index (χ2n) is 11.2. The molecule has 2 aliphatic heterocycles. The lowest BCUT2D eigenvalue weighted by molar-refractivity contribution is -0.149. The van der Waals surface area contributed by atoms with Crippen molar-refractivity contribution in [2.45, 2.75) is 46.0 Å². The van der Waals surface area contributed by atoms with Gasteiger partial charge in [0.1, 0.15) is 23.1 Å². The fourth-order valence-corrected chi connectivity index (χ4v) is 6.38. The summed E-state index contributed by atoms with van der Waals surface area (Å²) in [5, 5.41) is 2.70. The van der Waals surface area contributed by atoms with Gasteiger partial charge in [-0.3, -0.25) is 14.5 Å². The van der Waals surface area contributed by atoms with Gasteiger partial charge in [-0.15, -0.1) is 11.3 Å². The van der Waals surface area contributed by atoms with Crippen LogP contribution in [0.2, 0.25) is 0 Å². The zero-order valence-electron chi connectivity index (χ0n) is 25.4. The first-order chi connectivity index (χ1) is 22.0. The fourth-order valence-electron chi connectivity index (χ4n) is 5.57. The maximum atomic E-state index is 13.3. The zero-order valence-corrected chi connectivity index (χ0v) is 26.2. The molecule has 0 bridgehead atoms. The van der Waals surface area contributed by atoms with Crippen molar-refractivity contribution in [1.82, 2.24) is 14.8 Å². The molecule has 9 nitrogen and oxygen atoms in total. The maximum Gasteiger partial charge on any atom is 0.309 e. The van der Waals surface area contributed by atoms with Gasteiger partial charge in [-0.25, -0.2) is 4.98 Å². The van der Waals surface area contributed by atoms with Crippen LogP contribution < -0.4 is 14.2 Å². The Bertz CT molecular complexity index is 1580. The van der Waals surface area contributed by atoms with Crippen molar-refractivity contribution in [3.8, 4) is 17.2 Å². The number of thiazole rings is 1. The van der Waals surface area contributed by atoms with Crippen LogP contribution in [0.1, 0.15) is 52.0 Å². The molecule has 2 aliphatic rings. The smallest absolute Gasteiger partial charge is 0.309 e. The molecule has 0 N–H and O–H groups in total. The van der Waals surface area contributed by atoms with Gasteiger partial charge in [-0.2, -0.15) is 0 Å². The topological polar surface area (TPSA) is 90.4 Å². The summed E-state index contributed by atoms with van der Waals surface area (Å²) in [4.78, 5) is 34.2. The summed E-state index contributed by atoms with van der Waals surface area (Å²) in [5.74, 6) is 1.92. The van der Waals surface area contributed by atoms with Crippen molar-refractivity contribution in [3.63, 3.8) is 0 Å². The Labute approximate surface area is 267 Å². The highest BCUT2D eigenvalue weighted by atomic mass is 32.1. The van der Waals surface area contributed by atoms with E-state index >= 15 is 0 Å². The molecule has 3 heterocycles. The molecule has 0 aliphatic carbocycles. The van der Waals surface area contributed by atoms with Crippen LogP contribution in [-0.2, 0) is 35.8 Å². The molecule has 10 heteroatoms. The summed E-state index contributed by atoms with van der Waals surface area (Å²) in [6, 6.07) is 24.3. The lowest BCUT2D eigenvalue weighted by Gasteiger charge is -2.30. The maximum absolute atomic E-state index is 13.3. The van der Waals surface area contributed by atoms with Crippen LogP contribution in [0.15, 0.2) is 78.2 Å². The molecule has 0 unspecified atom stereocenters. The molecule has 1 aromatic heterocycles. The average molecular weight is 628 g/mol. The van der Waals surface area contributed by atoms with Gasteiger partial charge >= 0.3 is 5.97 Å². The SMILES string of the molecule is CCOC(=O)C1CCN(C(=O)c2csc(CN(Cc3ccc(OCc4ccccc4)cc3)Cc3ccc4c(c3)OCO4)n2)CC1. The minimum absolute atomic E-state index is 0.0896. The molecule has 0 radical (unpaired) electrons. The number of hydrogen-bond donors (Lipinski definition) is 0. The number of piperidine rings is 1. The number of ether oxygens (including phenoxy) is 4. The van der Waals surface area contributed by atoms with Crippen molar-refractivity contribution in [1.29, 1.82) is 0 Å². The van der Waals surface area contributed by atoms with E-state index in [4.69, 9.17) is 23.9 Å². The number of esters is 1. The van der Waals surface area contributed by atoms with E-state index in [1.165, 1.54) is 11.3 Å². The number of benzene rings is 3. The minimum atomic E-state index is -0.169. The third-order valence-corrected chi connectivity index (χ3v) is 8.79. The van der Waals surface area contributed by atoms with Crippen molar-refractivity contribution in [2.75, 3.05) is 26.5 Å². The standard InChI is InChI=1S/C35H37N3O6S/c1-2-41-35(40)28-14-16-38(17-15-28)34(39)30-23-45-33(36-30)21-37(20-27-10-13-31-32(18-27)44-24-43-31)19-25-8-11-29(12-9-25)42-22-26-6-4-3-5-7-26/h3-13,18,23,28H,2,14-17,19-22,24H2,1H3. The molecular formula is C35H37N3O6S. The molecule has 3 aromatic carbocycles. The van der Waals surface area contributed by atoms with Gasteiger partial charge < -0.3 is 23.8 Å².